The summed E-state index contributed by atoms with van der Waals surface area (Å²) >= 11 is 0. The van der Waals surface area contributed by atoms with Crippen molar-refractivity contribution in [3.05, 3.63) is 0 Å². The van der Waals surface area contributed by atoms with E-state index in [1.165, 1.54) is 7.11 Å². The molecule has 0 fully saturated rings. The fourth-order valence-electron chi connectivity index (χ4n) is 0.0456. The van der Waals surface area contributed by atoms with Crippen molar-refractivity contribution >= 4 is 14.1 Å². The number of nitrogens with zero attached hydrogens (tertiary/aromatic N) is 1. The molecule has 1 unspecified atom stereocenters. The van der Waals surface area contributed by atoms with Crippen molar-refractivity contribution in [2.45, 2.75) is 0 Å². The van der Waals surface area contributed by atoms with Crippen LogP contribution in [0.3, 0.4) is 0 Å². The van der Waals surface area contributed by atoms with E-state index >= 15 is 0 Å². The molecular weight excluding hydrogens is 97.0 g/mol. The molecule has 0 bridgehead atoms. The molecule has 0 aliphatic carbocycles. The van der Waals surface area contributed by atoms with Crippen molar-refractivity contribution in [3.8, 4) is 5.81 Å². The van der Waals surface area contributed by atoms with E-state index in [1.807, 2.05) is 5.81 Å². The molecule has 0 heterocycles. The molecule has 0 saturated carbocycles. The van der Waals surface area contributed by atoms with Gasteiger partial charge in [-0.2, -0.15) is 5.26 Å². The second kappa shape index (κ2) is 2.96. The Bertz CT molecular complexity index is 93.5. The van der Waals surface area contributed by atoms with Crippen LogP contribution < -0.4 is 0 Å². The average molecular weight is 103 g/mol. The Kier molecular flexibility index (Phi) is 2.84. The molecule has 0 N–H and O–H groups in total. The van der Waals surface area contributed by atoms with Crippen molar-refractivity contribution < 1.29 is 4.52 Å². The van der Waals surface area contributed by atoms with Gasteiger partial charge in [0.15, 0.2) is 0 Å². The minimum absolute atomic E-state index is 1.31. The molecule has 0 aromatic rings. The third-order valence-corrected chi connectivity index (χ3v) is 1.11. The zero-order valence-corrected chi connectivity index (χ0v) is 4.56. The molecule has 6 heavy (non-hydrogen) atoms. The maximum Gasteiger partial charge on any atom is 0.110 e. The Morgan fingerprint density at radius 1 is 2.00 bits per heavy atom. The quantitative estimate of drug-likeness (QED) is 0.457. The summed E-state index contributed by atoms with van der Waals surface area (Å²) in [5.41, 5.74) is 0. The minimum Gasteiger partial charge on any atom is -0.354 e. The summed E-state index contributed by atoms with van der Waals surface area (Å²) in [5, 5.41) is 7.94. The molecule has 2 nitrogen and oxygen atoms in total. The van der Waals surface area contributed by atoms with Gasteiger partial charge in [-0.3, -0.25) is 0 Å². The molecule has 3 heteroatoms. The SMILES string of the molecule is C=[PH](C#N)OC. The van der Waals surface area contributed by atoms with Gasteiger partial charge < -0.3 is 4.52 Å². The van der Waals surface area contributed by atoms with Gasteiger partial charge >= 0.3 is 0 Å². The predicted octanol–water partition coefficient (Wildman–Crippen LogP) is 0.675. The zero-order valence-electron chi connectivity index (χ0n) is 3.56. The highest BCUT2D eigenvalue weighted by atomic mass is 31.1. The van der Waals surface area contributed by atoms with E-state index in [0.29, 0.717) is 0 Å². The average Bonchev–Trinajstić information content (AvgIpc) is 1.65. The van der Waals surface area contributed by atoms with Crippen molar-refractivity contribution in [2.24, 2.45) is 0 Å². The fraction of sp³-hybridized carbons (Fsp3) is 0.333. The predicted molar refractivity (Wildman–Crippen MR) is 28.1 cm³/mol. The third kappa shape index (κ3) is 2.02. The molecule has 0 amide bonds. The highest BCUT2D eigenvalue weighted by Crippen LogP contribution is 2.14. The van der Waals surface area contributed by atoms with Crippen molar-refractivity contribution in [1.29, 1.82) is 5.26 Å². The lowest BCUT2D eigenvalue weighted by Gasteiger charge is -1.83. The minimum atomic E-state index is -1.31. The summed E-state index contributed by atoms with van der Waals surface area (Å²) in [6.07, 6.45) is 3.39. The number of nitriles is 1. The van der Waals surface area contributed by atoms with Gasteiger partial charge in [-0.15, -0.1) is 0 Å². The summed E-state index contributed by atoms with van der Waals surface area (Å²) in [7, 11) is 0.178. The largest absolute Gasteiger partial charge is 0.354 e. The van der Waals surface area contributed by atoms with E-state index in [2.05, 4.69) is 10.8 Å². The van der Waals surface area contributed by atoms with Crippen LogP contribution in [0.15, 0.2) is 0 Å². The van der Waals surface area contributed by atoms with E-state index in [4.69, 9.17) is 5.26 Å². The van der Waals surface area contributed by atoms with Crippen molar-refractivity contribution in [2.75, 3.05) is 7.11 Å². The lowest BCUT2D eigenvalue weighted by Crippen LogP contribution is -1.57. The Balaban J connectivity index is 3.33. The molecule has 0 saturated heterocycles. The van der Waals surface area contributed by atoms with Crippen LogP contribution in [-0.4, -0.2) is 13.4 Å². The van der Waals surface area contributed by atoms with Crippen LogP contribution in [0.2, 0.25) is 0 Å². The Morgan fingerprint density at radius 3 is 2.50 bits per heavy atom. The van der Waals surface area contributed by atoms with Crippen LogP contribution >= 0.6 is 7.77 Å². The highest BCUT2D eigenvalue weighted by Gasteiger charge is 1.73. The summed E-state index contributed by atoms with van der Waals surface area (Å²) in [4.78, 5) is 0. The van der Waals surface area contributed by atoms with Crippen LogP contribution in [0.4, 0.5) is 0 Å². The second-order valence-electron chi connectivity index (χ2n) is 0.739. The van der Waals surface area contributed by atoms with Gasteiger partial charge in [-0.25, -0.2) is 0 Å². The molecular formula is C3H6NOP. The normalized spacial score (nSPS) is 12.7. The van der Waals surface area contributed by atoms with Gasteiger partial charge in [0.1, 0.15) is 5.81 Å². The van der Waals surface area contributed by atoms with E-state index in [1.54, 1.807) is 0 Å². The van der Waals surface area contributed by atoms with Crippen molar-refractivity contribution in [3.63, 3.8) is 0 Å². The lowest BCUT2D eigenvalue weighted by atomic mass is 11.8. The van der Waals surface area contributed by atoms with Gasteiger partial charge in [0, 0.05) is 7.11 Å². The van der Waals surface area contributed by atoms with Gasteiger partial charge in [-0.1, -0.05) is 6.30 Å². The third-order valence-electron chi connectivity index (χ3n) is 0.371. The van der Waals surface area contributed by atoms with Crippen LogP contribution in [-0.2, 0) is 4.52 Å². The smallest absolute Gasteiger partial charge is 0.110 e. The molecule has 0 aliphatic heterocycles. The summed E-state index contributed by atoms with van der Waals surface area (Å²) in [5.74, 6) is 1.88. The van der Waals surface area contributed by atoms with Gasteiger partial charge in [0.2, 0.25) is 0 Å². The number of hydrogen-bond donors (Lipinski definition) is 0. The lowest BCUT2D eigenvalue weighted by molar-refractivity contribution is 0.479. The standard InChI is InChI=1S/C3H6NOP/c1-5-6(2)3-4/h6H,2H2,1H3. The fourth-order valence-corrected chi connectivity index (χ4v) is 0.137. The summed E-state index contributed by atoms with van der Waals surface area (Å²) in [6, 6.07) is 0. The van der Waals surface area contributed by atoms with Crippen LogP contribution in [0.5, 0.6) is 0 Å². The summed E-state index contributed by atoms with van der Waals surface area (Å²) < 4.78 is 4.53. The first-order chi connectivity index (χ1) is 2.81. The molecule has 0 rings (SSSR count). The van der Waals surface area contributed by atoms with E-state index < -0.39 is 7.77 Å². The number of hydrogen-bond acceptors (Lipinski definition) is 2. The molecule has 0 aliphatic rings. The first-order valence-electron chi connectivity index (χ1n) is 1.44. The molecule has 1 atom stereocenters. The molecule has 0 aromatic carbocycles. The van der Waals surface area contributed by atoms with E-state index in [-0.39, 0.29) is 0 Å². The molecule has 0 aromatic heterocycles. The Hall–Kier alpha value is -0.250. The van der Waals surface area contributed by atoms with Gasteiger partial charge in [-0.05, 0) is 0 Å². The Labute approximate surface area is 37.8 Å². The first kappa shape index (κ1) is 5.75. The van der Waals surface area contributed by atoms with Gasteiger partial charge in [0.05, 0.1) is 7.77 Å². The maximum absolute atomic E-state index is 7.94. The van der Waals surface area contributed by atoms with Gasteiger partial charge in [0.25, 0.3) is 0 Å². The maximum atomic E-state index is 7.94. The Morgan fingerprint density at radius 2 is 2.50 bits per heavy atom. The van der Waals surface area contributed by atoms with Crippen LogP contribution in [0, 0.1) is 11.1 Å². The molecule has 0 spiro atoms. The van der Waals surface area contributed by atoms with Crippen LogP contribution in [0.25, 0.3) is 0 Å². The summed E-state index contributed by atoms with van der Waals surface area (Å²) in [6.45, 7) is 0. The molecule has 34 valence electrons. The molecule has 0 radical (unpaired) electrons. The zero-order chi connectivity index (χ0) is 4.99. The monoisotopic (exact) mass is 103 g/mol. The van der Waals surface area contributed by atoms with E-state index in [9.17, 15) is 0 Å². The first-order valence-corrected chi connectivity index (χ1v) is 3.05. The van der Waals surface area contributed by atoms with Crippen LogP contribution in [0.1, 0.15) is 0 Å². The topological polar surface area (TPSA) is 33.0 Å². The highest BCUT2D eigenvalue weighted by molar-refractivity contribution is 7.55. The van der Waals surface area contributed by atoms with Crippen molar-refractivity contribution in [1.82, 2.24) is 0 Å². The van der Waals surface area contributed by atoms with E-state index in [0.717, 1.165) is 0 Å². The second-order valence-corrected chi connectivity index (χ2v) is 2.22. The number of rotatable bonds is 1.